The fraction of sp³-hybridized carbons (Fsp3) is 0.375. The first-order valence-corrected chi connectivity index (χ1v) is 7.72. The van der Waals surface area contributed by atoms with E-state index in [0.29, 0.717) is 12.8 Å². The normalized spacial score (nSPS) is 22.6. The molecule has 0 fully saturated rings. The van der Waals surface area contributed by atoms with Crippen LogP contribution in [0.4, 0.5) is 0 Å². The maximum atomic E-state index is 12.4. The molecule has 0 aromatic heterocycles. The molecule has 1 aliphatic rings. The number of carbonyl (C=O) groups excluding carboxylic acids is 1. The summed E-state index contributed by atoms with van der Waals surface area (Å²) in [6, 6.07) is 7.55. The molecule has 112 valence electrons. The first-order chi connectivity index (χ1) is 9.99. The molecule has 0 heterocycles. The molecule has 1 aromatic carbocycles. The summed E-state index contributed by atoms with van der Waals surface area (Å²) >= 11 is 3.40. The zero-order valence-electron chi connectivity index (χ0n) is 11.8. The zero-order valence-corrected chi connectivity index (χ0v) is 13.3. The van der Waals surface area contributed by atoms with Gasteiger partial charge in [-0.15, -0.1) is 0 Å². The molecule has 0 spiro atoms. The van der Waals surface area contributed by atoms with Crippen LogP contribution >= 0.6 is 15.9 Å². The Morgan fingerprint density at radius 1 is 1.29 bits per heavy atom. The third-order valence-corrected chi connectivity index (χ3v) is 4.29. The molecule has 0 saturated heterocycles. The van der Waals surface area contributed by atoms with Crippen LogP contribution < -0.4 is 5.32 Å². The molecule has 2 rings (SSSR count). The maximum Gasteiger partial charge on any atom is 0.307 e. The van der Waals surface area contributed by atoms with Crippen LogP contribution in [0.3, 0.4) is 0 Å². The van der Waals surface area contributed by atoms with E-state index in [1.807, 2.05) is 43.3 Å². The number of rotatable bonds is 4. The molecule has 4 nitrogen and oxygen atoms in total. The van der Waals surface area contributed by atoms with Crippen LogP contribution in [0.15, 0.2) is 40.9 Å². The number of carboxylic acid groups (broad SMARTS) is 1. The third-order valence-electron chi connectivity index (χ3n) is 3.79. The van der Waals surface area contributed by atoms with Gasteiger partial charge in [0.05, 0.1) is 17.9 Å². The molecule has 3 atom stereocenters. The highest BCUT2D eigenvalue weighted by atomic mass is 79.9. The molecule has 0 radical (unpaired) electrons. The molecule has 2 N–H and O–H groups in total. The molecule has 2 unspecified atom stereocenters. The van der Waals surface area contributed by atoms with Crippen molar-refractivity contribution in [2.45, 2.75) is 25.8 Å². The number of aliphatic carboxylic acids is 1. The maximum absolute atomic E-state index is 12.4. The van der Waals surface area contributed by atoms with Crippen LogP contribution in [0.2, 0.25) is 0 Å². The van der Waals surface area contributed by atoms with E-state index < -0.39 is 17.8 Å². The first-order valence-electron chi connectivity index (χ1n) is 6.92. The molecule has 0 aliphatic heterocycles. The Morgan fingerprint density at radius 2 is 1.95 bits per heavy atom. The average molecular weight is 352 g/mol. The highest BCUT2D eigenvalue weighted by Crippen LogP contribution is 2.27. The van der Waals surface area contributed by atoms with Crippen molar-refractivity contribution in [3.63, 3.8) is 0 Å². The van der Waals surface area contributed by atoms with Crippen LogP contribution in [0.5, 0.6) is 0 Å². The van der Waals surface area contributed by atoms with Crippen LogP contribution in [-0.2, 0) is 9.59 Å². The lowest BCUT2D eigenvalue weighted by atomic mass is 9.82. The van der Waals surface area contributed by atoms with Gasteiger partial charge < -0.3 is 10.4 Å². The van der Waals surface area contributed by atoms with E-state index in [-0.39, 0.29) is 11.9 Å². The van der Waals surface area contributed by atoms with Gasteiger partial charge >= 0.3 is 5.97 Å². The molecule has 0 saturated carbocycles. The average Bonchev–Trinajstić information content (AvgIpc) is 2.47. The smallest absolute Gasteiger partial charge is 0.307 e. The van der Waals surface area contributed by atoms with Crippen molar-refractivity contribution in [2.24, 2.45) is 11.8 Å². The lowest BCUT2D eigenvalue weighted by molar-refractivity contribution is -0.147. The largest absolute Gasteiger partial charge is 0.481 e. The Labute approximate surface area is 132 Å². The number of nitrogens with one attached hydrogen (secondary N) is 1. The van der Waals surface area contributed by atoms with Gasteiger partial charge in [-0.1, -0.05) is 40.2 Å². The predicted octanol–water partition coefficient (Wildman–Crippen LogP) is 3.29. The number of hydrogen-bond acceptors (Lipinski definition) is 2. The van der Waals surface area contributed by atoms with E-state index in [4.69, 9.17) is 0 Å². The lowest BCUT2D eigenvalue weighted by Crippen LogP contribution is -2.39. The van der Waals surface area contributed by atoms with Crippen molar-refractivity contribution in [1.82, 2.24) is 5.32 Å². The molecule has 1 aliphatic carbocycles. The van der Waals surface area contributed by atoms with Gasteiger partial charge in [-0.3, -0.25) is 9.59 Å². The Hall–Kier alpha value is -1.62. The summed E-state index contributed by atoms with van der Waals surface area (Å²) in [5, 5.41) is 12.1. The van der Waals surface area contributed by atoms with Gasteiger partial charge in [0.15, 0.2) is 0 Å². The van der Waals surface area contributed by atoms with Crippen LogP contribution in [0, 0.1) is 11.8 Å². The fourth-order valence-electron chi connectivity index (χ4n) is 2.56. The lowest BCUT2D eigenvalue weighted by Gasteiger charge is -2.26. The topological polar surface area (TPSA) is 66.4 Å². The van der Waals surface area contributed by atoms with E-state index in [0.717, 1.165) is 10.0 Å². The SMILES string of the molecule is C[C@@H](NC(=O)C1CC=CCC1C(=O)O)c1cccc(Br)c1. The van der Waals surface area contributed by atoms with E-state index in [1.54, 1.807) is 0 Å². The van der Waals surface area contributed by atoms with Gasteiger partial charge in [0, 0.05) is 4.47 Å². The number of hydrogen-bond donors (Lipinski definition) is 2. The van der Waals surface area contributed by atoms with Gasteiger partial charge in [0.25, 0.3) is 0 Å². The Bertz CT molecular complexity index is 570. The van der Waals surface area contributed by atoms with Crippen molar-refractivity contribution in [3.05, 3.63) is 46.5 Å². The molecule has 21 heavy (non-hydrogen) atoms. The van der Waals surface area contributed by atoms with Crippen LogP contribution in [-0.4, -0.2) is 17.0 Å². The summed E-state index contributed by atoms with van der Waals surface area (Å²) in [5.74, 6) is -2.24. The minimum Gasteiger partial charge on any atom is -0.481 e. The fourth-order valence-corrected chi connectivity index (χ4v) is 2.97. The summed E-state index contributed by atoms with van der Waals surface area (Å²) < 4.78 is 0.949. The van der Waals surface area contributed by atoms with Gasteiger partial charge in [-0.25, -0.2) is 0 Å². The minimum absolute atomic E-state index is 0.157. The zero-order chi connectivity index (χ0) is 15.4. The number of carboxylic acids is 1. The number of amides is 1. The second kappa shape index (κ2) is 6.89. The predicted molar refractivity (Wildman–Crippen MR) is 83.7 cm³/mol. The second-order valence-electron chi connectivity index (χ2n) is 5.28. The number of allylic oxidation sites excluding steroid dienone is 2. The summed E-state index contributed by atoms with van der Waals surface area (Å²) in [5.41, 5.74) is 0.982. The monoisotopic (exact) mass is 351 g/mol. The molecule has 1 amide bonds. The first kappa shape index (κ1) is 15.8. The van der Waals surface area contributed by atoms with Gasteiger partial charge in [-0.2, -0.15) is 0 Å². The Kier molecular flexibility index (Phi) is 5.17. The summed E-state index contributed by atoms with van der Waals surface area (Å²) in [6.07, 6.45) is 4.61. The van der Waals surface area contributed by atoms with Crippen molar-refractivity contribution in [3.8, 4) is 0 Å². The second-order valence-corrected chi connectivity index (χ2v) is 6.19. The van der Waals surface area contributed by atoms with E-state index in [1.165, 1.54) is 0 Å². The van der Waals surface area contributed by atoms with Crippen molar-refractivity contribution < 1.29 is 14.7 Å². The van der Waals surface area contributed by atoms with E-state index in [2.05, 4.69) is 21.2 Å². The molecule has 1 aromatic rings. The van der Waals surface area contributed by atoms with Gasteiger partial charge in [0.1, 0.15) is 0 Å². The van der Waals surface area contributed by atoms with Crippen LogP contribution in [0.1, 0.15) is 31.4 Å². The number of benzene rings is 1. The van der Waals surface area contributed by atoms with Crippen molar-refractivity contribution in [1.29, 1.82) is 0 Å². The van der Waals surface area contributed by atoms with Gasteiger partial charge in [0.2, 0.25) is 5.91 Å². The number of halogens is 1. The van der Waals surface area contributed by atoms with Crippen LogP contribution in [0.25, 0.3) is 0 Å². The van der Waals surface area contributed by atoms with Crippen molar-refractivity contribution in [2.75, 3.05) is 0 Å². The molecular weight excluding hydrogens is 334 g/mol. The standard InChI is InChI=1S/C16H18BrNO3/c1-10(11-5-4-6-12(17)9-11)18-15(19)13-7-2-3-8-14(13)16(20)21/h2-6,9-10,13-14H,7-8H2,1H3,(H,18,19)(H,20,21)/t10-,13?,14?/m1/s1. The molecule has 5 heteroatoms. The van der Waals surface area contributed by atoms with E-state index in [9.17, 15) is 14.7 Å². The number of carbonyl (C=O) groups is 2. The van der Waals surface area contributed by atoms with Crippen molar-refractivity contribution >= 4 is 27.8 Å². The Morgan fingerprint density at radius 3 is 2.57 bits per heavy atom. The molecule has 0 bridgehead atoms. The summed E-state index contributed by atoms with van der Waals surface area (Å²) in [6.45, 7) is 1.90. The Balaban J connectivity index is 2.06. The minimum atomic E-state index is -0.908. The summed E-state index contributed by atoms with van der Waals surface area (Å²) in [4.78, 5) is 23.6. The highest BCUT2D eigenvalue weighted by Gasteiger charge is 2.34. The summed E-state index contributed by atoms with van der Waals surface area (Å²) in [7, 11) is 0. The highest BCUT2D eigenvalue weighted by molar-refractivity contribution is 9.10. The third kappa shape index (κ3) is 3.94. The quantitative estimate of drug-likeness (QED) is 0.818. The molecular formula is C16H18BrNO3. The van der Waals surface area contributed by atoms with Gasteiger partial charge in [-0.05, 0) is 37.5 Å². The van der Waals surface area contributed by atoms with E-state index >= 15 is 0 Å².